The van der Waals surface area contributed by atoms with Gasteiger partial charge < -0.3 is 9.80 Å². The quantitative estimate of drug-likeness (QED) is 0.867. The third-order valence-corrected chi connectivity index (χ3v) is 5.69. The van der Waals surface area contributed by atoms with E-state index in [1.165, 1.54) is 10.4 Å². The summed E-state index contributed by atoms with van der Waals surface area (Å²) in [6.45, 7) is 3.66. The van der Waals surface area contributed by atoms with Crippen LogP contribution in [0.25, 0.3) is 0 Å². The minimum atomic E-state index is 0.126. The van der Waals surface area contributed by atoms with Crippen LogP contribution in [0.3, 0.4) is 0 Å². The van der Waals surface area contributed by atoms with E-state index in [4.69, 9.17) is 4.98 Å². The van der Waals surface area contributed by atoms with Crippen LogP contribution >= 0.6 is 11.3 Å². The van der Waals surface area contributed by atoms with Crippen molar-refractivity contribution in [3.63, 3.8) is 0 Å². The van der Waals surface area contributed by atoms with Crippen LogP contribution in [0.2, 0.25) is 0 Å². The average molecular weight is 327 g/mol. The number of nitrogens with zero attached hydrogens (tertiary/aromatic N) is 3. The number of carbonyl (C=O) groups is 1. The summed E-state index contributed by atoms with van der Waals surface area (Å²) >= 11 is 1.60. The minimum absolute atomic E-state index is 0.126. The molecule has 23 heavy (non-hydrogen) atoms. The molecular formula is C18H21N3OS. The zero-order chi connectivity index (χ0) is 15.6. The molecule has 0 radical (unpaired) electrons. The molecule has 2 aromatic rings. The summed E-state index contributed by atoms with van der Waals surface area (Å²) in [5.74, 6) is 1.16. The van der Waals surface area contributed by atoms with Crippen molar-refractivity contribution in [2.45, 2.75) is 32.2 Å². The monoisotopic (exact) mass is 327 g/mol. The third-order valence-electron chi connectivity index (χ3n) is 4.60. The van der Waals surface area contributed by atoms with Crippen molar-refractivity contribution >= 4 is 23.1 Å². The van der Waals surface area contributed by atoms with Crippen molar-refractivity contribution in [1.82, 2.24) is 9.88 Å². The number of rotatable bonds is 3. The number of aromatic nitrogens is 1. The van der Waals surface area contributed by atoms with E-state index in [2.05, 4.69) is 29.2 Å². The summed E-state index contributed by atoms with van der Waals surface area (Å²) in [6.07, 6.45) is 4.43. The molecule has 3 heterocycles. The Labute approximate surface area is 140 Å². The van der Waals surface area contributed by atoms with Gasteiger partial charge in [0, 0.05) is 31.1 Å². The minimum Gasteiger partial charge on any atom is -0.351 e. The standard InChI is InChI=1S/C18H21N3OS/c22-18(20-10-4-5-11-20)17-19-16-15(23-17)9-6-12-21(16)13-14-7-2-1-3-8-14/h1-3,7-8H,4-6,9-13H2. The van der Waals surface area contributed by atoms with Gasteiger partial charge in [0.25, 0.3) is 5.91 Å². The number of carbonyl (C=O) groups excluding carboxylic acids is 1. The molecule has 2 aliphatic heterocycles. The number of hydrogen-bond donors (Lipinski definition) is 0. The highest BCUT2D eigenvalue weighted by molar-refractivity contribution is 7.14. The van der Waals surface area contributed by atoms with E-state index in [0.29, 0.717) is 5.01 Å². The summed E-state index contributed by atoms with van der Waals surface area (Å²) in [5, 5.41) is 0.678. The molecule has 0 N–H and O–H groups in total. The predicted octanol–water partition coefficient (Wildman–Crippen LogP) is 3.33. The fourth-order valence-corrected chi connectivity index (χ4v) is 4.49. The largest absolute Gasteiger partial charge is 0.351 e. The van der Waals surface area contributed by atoms with Crippen LogP contribution in [-0.4, -0.2) is 35.4 Å². The lowest BCUT2D eigenvalue weighted by atomic mass is 10.1. The van der Waals surface area contributed by atoms with Crippen LogP contribution in [-0.2, 0) is 13.0 Å². The van der Waals surface area contributed by atoms with Gasteiger partial charge in [-0.2, -0.15) is 0 Å². The molecule has 4 nitrogen and oxygen atoms in total. The fourth-order valence-electron chi connectivity index (χ4n) is 3.39. The Morgan fingerprint density at radius 3 is 2.65 bits per heavy atom. The van der Waals surface area contributed by atoms with Crippen molar-refractivity contribution in [1.29, 1.82) is 0 Å². The van der Waals surface area contributed by atoms with Crippen molar-refractivity contribution in [2.24, 2.45) is 0 Å². The number of likely N-dealkylation sites (tertiary alicyclic amines) is 1. The second kappa shape index (κ2) is 6.32. The van der Waals surface area contributed by atoms with Crippen LogP contribution in [0.4, 0.5) is 5.82 Å². The molecule has 0 unspecified atom stereocenters. The van der Waals surface area contributed by atoms with Gasteiger partial charge in [-0.05, 0) is 31.2 Å². The Bertz CT molecular complexity index is 692. The highest BCUT2D eigenvalue weighted by Crippen LogP contribution is 2.33. The predicted molar refractivity (Wildman–Crippen MR) is 93.1 cm³/mol. The first-order chi connectivity index (χ1) is 11.3. The third kappa shape index (κ3) is 2.98. The Morgan fingerprint density at radius 2 is 1.87 bits per heavy atom. The zero-order valence-corrected chi connectivity index (χ0v) is 14.0. The molecule has 2 aliphatic rings. The van der Waals surface area contributed by atoms with E-state index < -0.39 is 0 Å². The molecule has 1 fully saturated rings. The van der Waals surface area contributed by atoms with E-state index >= 15 is 0 Å². The molecule has 0 bridgehead atoms. The second-order valence-electron chi connectivity index (χ2n) is 6.28. The van der Waals surface area contributed by atoms with E-state index in [9.17, 15) is 4.79 Å². The Balaban J connectivity index is 1.57. The van der Waals surface area contributed by atoms with E-state index in [-0.39, 0.29) is 5.91 Å². The number of hydrogen-bond acceptors (Lipinski definition) is 4. The Kier molecular flexibility index (Phi) is 4.04. The van der Waals surface area contributed by atoms with E-state index in [0.717, 1.165) is 57.7 Å². The first-order valence-corrected chi connectivity index (χ1v) is 9.21. The molecule has 4 rings (SSSR count). The number of thiazole rings is 1. The normalized spacial score (nSPS) is 17.4. The topological polar surface area (TPSA) is 36.4 Å². The molecule has 1 amide bonds. The van der Waals surface area contributed by atoms with Gasteiger partial charge in [-0.1, -0.05) is 30.3 Å². The van der Waals surface area contributed by atoms with Gasteiger partial charge in [0.2, 0.25) is 0 Å². The van der Waals surface area contributed by atoms with Crippen molar-refractivity contribution in [2.75, 3.05) is 24.5 Å². The lowest BCUT2D eigenvalue weighted by molar-refractivity contribution is 0.0792. The summed E-state index contributed by atoms with van der Waals surface area (Å²) < 4.78 is 0. The summed E-state index contributed by atoms with van der Waals surface area (Å²) in [6, 6.07) is 10.5. The molecule has 0 spiro atoms. The Morgan fingerprint density at radius 1 is 1.09 bits per heavy atom. The van der Waals surface area contributed by atoms with Gasteiger partial charge in [-0.3, -0.25) is 4.79 Å². The van der Waals surface area contributed by atoms with Crippen LogP contribution < -0.4 is 4.90 Å². The number of anilines is 1. The molecular weight excluding hydrogens is 306 g/mol. The van der Waals surface area contributed by atoms with Gasteiger partial charge in [0.05, 0.1) is 0 Å². The second-order valence-corrected chi connectivity index (χ2v) is 7.36. The van der Waals surface area contributed by atoms with Crippen molar-refractivity contribution in [3.8, 4) is 0 Å². The molecule has 0 atom stereocenters. The first-order valence-electron chi connectivity index (χ1n) is 8.39. The lowest BCUT2D eigenvalue weighted by Gasteiger charge is -2.27. The zero-order valence-electron chi connectivity index (χ0n) is 13.2. The molecule has 1 aromatic heterocycles. The van der Waals surface area contributed by atoms with Crippen LogP contribution in [0.5, 0.6) is 0 Å². The number of amides is 1. The van der Waals surface area contributed by atoms with Gasteiger partial charge in [0.15, 0.2) is 5.01 Å². The SMILES string of the molecule is O=C(c1nc2c(s1)CCCN2Cc1ccccc1)N1CCCC1. The first kappa shape index (κ1) is 14.7. The van der Waals surface area contributed by atoms with Crippen molar-refractivity contribution < 1.29 is 4.79 Å². The molecule has 0 saturated carbocycles. The van der Waals surface area contributed by atoms with Crippen LogP contribution in [0, 0.1) is 0 Å². The van der Waals surface area contributed by atoms with E-state index in [1.807, 2.05) is 11.0 Å². The average Bonchev–Trinajstić information content (AvgIpc) is 3.25. The summed E-state index contributed by atoms with van der Waals surface area (Å²) in [5.41, 5.74) is 1.29. The van der Waals surface area contributed by atoms with Gasteiger partial charge >= 0.3 is 0 Å². The van der Waals surface area contributed by atoms with E-state index in [1.54, 1.807) is 11.3 Å². The number of aryl methyl sites for hydroxylation is 1. The highest BCUT2D eigenvalue weighted by Gasteiger charge is 2.27. The smallest absolute Gasteiger partial charge is 0.282 e. The maximum absolute atomic E-state index is 12.6. The van der Waals surface area contributed by atoms with Crippen LogP contribution in [0.15, 0.2) is 30.3 Å². The molecule has 1 saturated heterocycles. The molecule has 5 heteroatoms. The van der Waals surface area contributed by atoms with Gasteiger partial charge in [0.1, 0.15) is 5.82 Å². The number of benzene rings is 1. The van der Waals surface area contributed by atoms with Crippen LogP contribution in [0.1, 0.15) is 39.5 Å². The molecule has 1 aromatic carbocycles. The summed E-state index contributed by atoms with van der Waals surface area (Å²) in [4.78, 5) is 22.9. The maximum atomic E-state index is 12.6. The van der Waals surface area contributed by atoms with Crippen molar-refractivity contribution in [3.05, 3.63) is 45.8 Å². The summed E-state index contributed by atoms with van der Waals surface area (Å²) in [7, 11) is 0. The number of fused-ring (bicyclic) bond motifs is 1. The highest BCUT2D eigenvalue weighted by atomic mass is 32.1. The fraction of sp³-hybridized carbons (Fsp3) is 0.444. The molecule has 0 aliphatic carbocycles. The Hall–Kier alpha value is -1.88. The van der Waals surface area contributed by atoms with Gasteiger partial charge in [-0.15, -0.1) is 11.3 Å². The molecule has 120 valence electrons. The lowest BCUT2D eigenvalue weighted by Crippen LogP contribution is -2.29. The maximum Gasteiger partial charge on any atom is 0.282 e. The van der Waals surface area contributed by atoms with Gasteiger partial charge in [-0.25, -0.2) is 4.98 Å².